The number of halogens is 3. The smallest absolute Gasteiger partial charge is 0.165 e. The van der Waals surface area contributed by atoms with Crippen LogP contribution in [0.3, 0.4) is 0 Å². The number of hydrogen-bond donors (Lipinski definition) is 0. The van der Waals surface area contributed by atoms with Crippen molar-refractivity contribution in [3.05, 3.63) is 71.1 Å². The van der Waals surface area contributed by atoms with Gasteiger partial charge in [-0.1, -0.05) is 24.8 Å². The fourth-order valence-corrected chi connectivity index (χ4v) is 3.99. The molecule has 2 nitrogen and oxygen atoms in total. The van der Waals surface area contributed by atoms with E-state index >= 15 is 0 Å². The van der Waals surface area contributed by atoms with Crippen LogP contribution in [0.2, 0.25) is 0 Å². The second-order valence-electron chi connectivity index (χ2n) is 7.61. The molecule has 0 amide bonds. The van der Waals surface area contributed by atoms with E-state index in [4.69, 9.17) is 9.47 Å². The predicted molar refractivity (Wildman–Crippen MR) is 102 cm³/mol. The average Bonchev–Trinajstić information content (AvgIpc) is 3.54. The van der Waals surface area contributed by atoms with Crippen molar-refractivity contribution in [3.63, 3.8) is 0 Å². The van der Waals surface area contributed by atoms with Crippen molar-refractivity contribution in [2.24, 2.45) is 5.92 Å². The van der Waals surface area contributed by atoms with Crippen molar-refractivity contribution in [2.75, 3.05) is 13.2 Å². The van der Waals surface area contributed by atoms with Crippen LogP contribution in [0, 0.1) is 23.4 Å². The van der Waals surface area contributed by atoms with E-state index in [9.17, 15) is 13.2 Å². The molecule has 1 saturated carbocycles. The van der Waals surface area contributed by atoms with E-state index < -0.39 is 11.6 Å². The summed E-state index contributed by atoms with van der Waals surface area (Å²) >= 11 is 0. The SMILES string of the molecule is C=Cc1ccc(OCC2CCC(c3ccc(C4CO4)c(F)c3F)CC2)cc1F. The van der Waals surface area contributed by atoms with Crippen LogP contribution in [0.4, 0.5) is 13.2 Å². The Bertz CT molecular complexity index is 868. The number of epoxide rings is 1. The summed E-state index contributed by atoms with van der Waals surface area (Å²) in [6.07, 6.45) is 4.48. The zero-order valence-electron chi connectivity index (χ0n) is 15.6. The molecule has 2 aliphatic rings. The third kappa shape index (κ3) is 3.95. The van der Waals surface area contributed by atoms with Crippen LogP contribution in [0.5, 0.6) is 5.75 Å². The van der Waals surface area contributed by atoms with Gasteiger partial charge < -0.3 is 9.47 Å². The molecule has 0 bridgehead atoms. The van der Waals surface area contributed by atoms with Crippen molar-refractivity contribution < 1.29 is 22.6 Å². The van der Waals surface area contributed by atoms with E-state index in [-0.39, 0.29) is 17.8 Å². The Morgan fingerprint density at radius 3 is 2.32 bits per heavy atom. The first-order valence-electron chi connectivity index (χ1n) is 9.71. The summed E-state index contributed by atoms with van der Waals surface area (Å²) in [4.78, 5) is 0. The molecule has 2 fully saturated rings. The number of ether oxygens (including phenoxy) is 2. The molecule has 1 unspecified atom stereocenters. The van der Waals surface area contributed by atoms with E-state index in [2.05, 4.69) is 6.58 Å². The van der Waals surface area contributed by atoms with Gasteiger partial charge >= 0.3 is 0 Å². The summed E-state index contributed by atoms with van der Waals surface area (Å²) in [5.74, 6) is -1.01. The zero-order valence-corrected chi connectivity index (χ0v) is 15.6. The Morgan fingerprint density at radius 1 is 1.00 bits per heavy atom. The first-order chi connectivity index (χ1) is 13.6. The maximum Gasteiger partial charge on any atom is 0.165 e. The van der Waals surface area contributed by atoms with E-state index in [0.717, 1.165) is 25.7 Å². The quantitative estimate of drug-likeness (QED) is 0.552. The third-order valence-electron chi connectivity index (χ3n) is 5.79. The third-order valence-corrected chi connectivity index (χ3v) is 5.79. The number of hydrogen-bond acceptors (Lipinski definition) is 2. The number of rotatable bonds is 6. The van der Waals surface area contributed by atoms with Crippen LogP contribution >= 0.6 is 0 Å². The molecule has 1 atom stereocenters. The van der Waals surface area contributed by atoms with Gasteiger partial charge in [0.2, 0.25) is 0 Å². The summed E-state index contributed by atoms with van der Waals surface area (Å²) in [5.41, 5.74) is 1.22. The standard InChI is InChI=1S/C23H23F3O2/c1-2-15-7-8-17(11-20(15)24)27-12-14-3-5-16(6-4-14)18-9-10-19(21-13-28-21)23(26)22(18)25/h2,7-11,14,16,21H,1,3-6,12-13H2. The lowest BCUT2D eigenvalue weighted by molar-refractivity contribution is 0.198. The Kier molecular flexibility index (Phi) is 5.44. The molecule has 4 rings (SSSR count). The molecule has 1 heterocycles. The molecule has 1 aliphatic heterocycles. The van der Waals surface area contributed by atoms with Crippen LogP contribution in [0.15, 0.2) is 36.9 Å². The largest absolute Gasteiger partial charge is 0.493 e. The van der Waals surface area contributed by atoms with Crippen molar-refractivity contribution >= 4 is 6.08 Å². The first kappa shape index (κ1) is 19.1. The van der Waals surface area contributed by atoms with Gasteiger partial charge in [-0.15, -0.1) is 0 Å². The van der Waals surface area contributed by atoms with Crippen molar-refractivity contribution in [3.8, 4) is 5.75 Å². The minimum atomic E-state index is -0.768. The second kappa shape index (κ2) is 8.00. The van der Waals surface area contributed by atoms with Gasteiger partial charge in [-0.3, -0.25) is 0 Å². The van der Waals surface area contributed by atoms with E-state index in [1.165, 1.54) is 12.1 Å². The fraction of sp³-hybridized carbons (Fsp3) is 0.391. The normalized spacial score (nSPS) is 24.0. The molecule has 0 spiro atoms. The first-order valence-corrected chi connectivity index (χ1v) is 9.71. The molecular weight excluding hydrogens is 365 g/mol. The van der Waals surface area contributed by atoms with Gasteiger partial charge in [-0.05, 0) is 55.2 Å². The highest BCUT2D eigenvalue weighted by molar-refractivity contribution is 5.49. The van der Waals surface area contributed by atoms with E-state index in [0.29, 0.717) is 41.6 Å². The summed E-state index contributed by atoms with van der Waals surface area (Å²) in [6.45, 7) is 4.52. The van der Waals surface area contributed by atoms with Crippen molar-refractivity contribution in [1.82, 2.24) is 0 Å². The molecule has 0 aromatic heterocycles. The summed E-state index contributed by atoms with van der Waals surface area (Å²) in [5, 5.41) is 0. The Hall–Kier alpha value is -2.27. The Morgan fingerprint density at radius 2 is 1.68 bits per heavy atom. The van der Waals surface area contributed by atoms with Crippen LogP contribution in [0.1, 0.15) is 54.4 Å². The maximum atomic E-state index is 14.5. The summed E-state index contributed by atoms with van der Waals surface area (Å²) < 4.78 is 53.4. The van der Waals surface area contributed by atoms with Gasteiger partial charge in [0, 0.05) is 17.2 Å². The predicted octanol–water partition coefficient (Wildman–Crippen LogP) is 6.17. The molecule has 2 aromatic rings. The van der Waals surface area contributed by atoms with Crippen LogP contribution in [-0.2, 0) is 4.74 Å². The van der Waals surface area contributed by atoms with Gasteiger partial charge in [-0.25, -0.2) is 13.2 Å². The average molecular weight is 388 g/mol. The summed E-state index contributed by atoms with van der Waals surface area (Å²) in [7, 11) is 0. The van der Waals surface area contributed by atoms with Gasteiger partial charge in [0.25, 0.3) is 0 Å². The van der Waals surface area contributed by atoms with Crippen molar-refractivity contribution in [2.45, 2.75) is 37.7 Å². The Balaban J connectivity index is 1.33. The fourth-order valence-electron chi connectivity index (χ4n) is 3.99. The lowest BCUT2D eigenvalue weighted by Gasteiger charge is -2.29. The van der Waals surface area contributed by atoms with Gasteiger partial charge in [0.05, 0.1) is 13.2 Å². The molecule has 0 N–H and O–H groups in total. The number of benzene rings is 2. The van der Waals surface area contributed by atoms with Crippen molar-refractivity contribution in [1.29, 1.82) is 0 Å². The minimum absolute atomic E-state index is 0.0178. The molecule has 5 heteroatoms. The highest BCUT2D eigenvalue weighted by Gasteiger charge is 2.32. The monoisotopic (exact) mass is 388 g/mol. The summed E-state index contributed by atoms with van der Waals surface area (Å²) in [6, 6.07) is 8.10. The molecule has 148 valence electrons. The molecular formula is C23H23F3O2. The highest BCUT2D eigenvalue weighted by atomic mass is 19.2. The van der Waals surface area contributed by atoms with E-state index in [1.807, 2.05) is 0 Å². The maximum absolute atomic E-state index is 14.5. The van der Waals surface area contributed by atoms with Crippen LogP contribution in [-0.4, -0.2) is 13.2 Å². The molecule has 28 heavy (non-hydrogen) atoms. The Labute approximate surface area is 163 Å². The molecule has 1 saturated heterocycles. The van der Waals surface area contributed by atoms with Gasteiger partial charge in [0.15, 0.2) is 11.6 Å². The van der Waals surface area contributed by atoms with Crippen LogP contribution in [0.25, 0.3) is 6.08 Å². The minimum Gasteiger partial charge on any atom is -0.493 e. The zero-order chi connectivity index (χ0) is 19.7. The van der Waals surface area contributed by atoms with Gasteiger partial charge in [-0.2, -0.15) is 0 Å². The van der Waals surface area contributed by atoms with E-state index in [1.54, 1.807) is 24.3 Å². The molecule has 2 aromatic carbocycles. The topological polar surface area (TPSA) is 21.8 Å². The lowest BCUT2D eigenvalue weighted by atomic mass is 9.78. The van der Waals surface area contributed by atoms with Crippen LogP contribution < -0.4 is 4.74 Å². The second-order valence-corrected chi connectivity index (χ2v) is 7.61. The molecule has 1 aliphatic carbocycles. The lowest BCUT2D eigenvalue weighted by Crippen LogP contribution is -2.20. The highest BCUT2D eigenvalue weighted by Crippen LogP contribution is 2.40. The molecule has 0 radical (unpaired) electrons. The van der Waals surface area contributed by atoms with Gasteiger partial charge in [0.1, 0.15) is 17.7 Å².